The first-order valence-corrected chi connectivity index (χ1v) is 20.2. The van der Waals surface area contributed by atoms with Crippen LogP contribution in [-0.4, -0.2) is 168 Å². The second-order valence-corrected chi connectivity index (χ2v) is 19.3. The number of esters is 4. The largest absolute Gasteiger partial charge is 0.459 e. The van der Waals surface area contributed by atoms with Crippen molar-refractivity contribution < 1.29 is 77.5 Å². The molecule has 20 heteroatoms. The summed E-state index contributed by atoms with van der Waals surface area (Å²) in [6.07, 6.45) is -2.69. The maximum atomic E-state index is 11.6. The molecular formula is C40H76N4O16. The lowest BCUT2D eigenvalue weighted by atomic mass is 9.97. The van der Waals surface area contributed by atoms with Gasteiger partial charge in [-0.2, -0.15) is 0 Å². The molecule has 0 aromatic rings. The molecule has 352 valence electrons. The van der Waals surface area contributed by atoms with Crippen molar-refractivity contribution in [3.05, 3.63) is 0 Å². The van der Waals surface area contributed by atoms with Crippen LogP contribution >= 0.6 is 0 Å². The van der Waals surface area contributed by atoms with Crippen molar-refractivity contribution in [1.82, 2.24) is 0 Å². The van der Waals surface area contributed by atoms with E-state index < -0.39 is 94.9 Å². The van der Waals surface area contributed by atoms with Crippen LogP contribution in [0, 0.1) is 23.7 Å². The summed E-state index contributed by atoms with van der Waals surface area (Å²) in [6.45, 7) is 23.5. The summed E-state index contributed by atoms with van der Waals surface area (Å²) in [6, 6.07) is -3.27. The van der Waals surface area contributed by atoms with Gasteiger partial charge in [0.2, 0.25) is 0 Å². The zero-order valence-corrected chi connectivity index (χ0v) is 37.6. The van der Waals surface area contributed by atoms with Crippen LogP contribution < -0.4 is 22.9 Å². The minimum atomic E-state index is -0.818. The van der Waals surface area contributed by atoms with Gasteiger partial charge in [0.25, 0.3) is 0 Å². The van der Waals surface area contributed by atoms with E-state index in [0.717, 1.165) is 0 Å². The number of rotatable bonds is 8. The van der Waals surface area contributed by atoms with Crippen molar-refractivity contribution >= 4 is 23.9 Å². The van der Waals surface area contributed by atoms with E-state index in [9.17, 15) is 39.6 Å². The standard InChI is InChI=1S/4C10H19NO4/c4*1-10(2,3)15-9(13)8(11)6-4-14-5-7(6)12/h4*6-8,12H,4-5,11H2,1-3H3/t2*6-,7-,8+;2*6-,7-,8-/m1010/s1. The van der Waals surface area contributed by atoms with Crippen LogP contribution in [0.2, 0.25) is 0 Å². The molecule has 0 aromatic heterocycles. The van der Waals surface area contributed by atoms with Gasteiger partial charge in [-0.1, -0.05) is 0 Å². The van der Waals surface area contributed by atoms with Gasteiger partial charge in [0.1, 0.15) is 46.6 Å². The van der Waals surface area contributed by atoms with Crippen LogP contribution in [0.1, 0.15) is 83.1 Å². The van der Waals surface area contributed by atoms with Gasteiger partial charge >= 0.3 is 23.9 Å². The van der Waals surface area contributed by atoms with E-state index in [4.69, 9.17) is 60.8 Å². The molecule has 0 aliphatic carbocycles. The molecule has 12 atom stereocenters. The lowest BCUT2D eigenvalue weighted by molar-refractivity contribution is -0.159. The number of hydrogen-bond donors (Lipinski definition) is 8. The van der Waals surface area contributed by atoms with E-state index in [0.29, 0.717) is 26.4 Å². The summed E-state index contributed by atoms with van der Waals surface area (Å²) in [7, 11) is 0. The SMILES string of the molecule is CC(C)(C)OC(=O)[C@@H](N)[C@@H]1COC[C@H]1O.CC(C)(C)OC(=O)[C@@H](N)[C@H]1COC[C@@H]1O.CC(C)(C)OC(=O)[C@H](N)[C@@H]1COC[C@H]1O.CC(C)(C)OC(=O)[C@H](N)[C@H]1COC[C@@H]1O. The number of nitrogens with two attached hydrogens (primary N) is 4. The highest BCUT2D eigenvalue weighted by Crippen LogP contribution is 2.22. The van der Waals surface area contributed by atoms with Crippen molar-refractivity contribution in [3.8, 4) is 0 Å². The van der Waals surface area contributed by atoms with Crippen molar-refractivity contribution in [2.24, 2.45) is 46.6 Å². The number of hydrogen-bond acceptors (Lipinski definition) is 20. The van der Waals surface area contributed by atoms with Crippen molar-refractivity contribution in [1.29, 1.82) is 0 Å². The highest BCUT2D eigenvalue weighted by atomic mass is 16.6. The van der Waals surface area contributed by atoms with E-state index in [1.54, 1.807) is 83.1 Å². The van der Waals surface area contributed by atoms with E-state index in [1.165, 1.54) is 0 Å². The van der Waals surface area contributed by atoms with Gasteiger partial charge in [-0.25, -0.2) is 0 Å². The molecule has 4 heterocycles. The molecule has 0 saturated carbocycles. The lowest BCUT2D eigenvalue weighted by Crippen LogP contribution is -2.46. The van der Waals surface area contributed by atoms with Crippen LogP contribution in [0.25, 0.3) is 0 Å². The van der Waals surface area contributed by atoms with E-state index in [-0.39, 0.29) is 50.1 Å². The third-order valence-corrected chi connectivity index (χ3v) is 8.93. The molecule has 0 amide bonds. The van der Waals surface area contributed by atoms with Crippen LogP contribution in [0.5, 0.6) is 0 Å². The zero-order valence-electron chi connectivity index (χ0n) is 37.6. The maximum Gasteiger partial charge on any atom is 0.323 e. The highest BCUT2D eigenvalue weighted by Gasteiger charge is 2.40. The topological polar surface area (TPSA) is 327 Å². The summed E-state index contributed by atoms with van der Waals surface area (Å²) in [5, 5.41) is 38.0. The van der Waals surface area contributed by atoms with Gasteiger partial charge in [-0.15, -0.1) is 0 Å². The lowest BCUT2D eigenvalue weighted by Gasteiger charge is -2.25. The first kappa shape index (κ1) is 55.4. The molecule has 4 saturated heterocycles. The monoisotopic (exact) mass is 869 g/mol. The molecule has 12 N–H and O–H groups in total. The Balaban J connectivity index is 0.000000400. The van der Waals surface area contributed by atoms with Crippen LogP contribution in [0.3, 0.4) is 0 Å². The average molecular weight is 869 g/mol. The first-order valence-electron chi connectivity index (χ1n) is 20.2. The summed E-state index contributed by atoms with van der Waals surface area (Å²) >= 11 is 0. The molecule has 0 spiro atoms. The summed E-state index contributed by atoms with van der Waals surface area (Å²) < 4.78 is 40.7. The van der Waals surface area contributed by atoms with Crippen molar-refractivity contribution in [3.63, 3.8) is 0 Å². The Morgan fingerprint density at radius 3 is 0.633 bits per heavy atom. The normalized spacial score (nSPS) is 28.9. The predicted molar refractivity (Wildman–Crippen MR) is 217 cm³/mol. The van der Waals surface area contributed by atoms with E-state index in [2.05, 4.69) is 0 Å². The molecule has 0 aromatic carbocycles. The van der Waals surface area contributed by atoms with Gasteiger partial charge in [0, 0.05) is 23.7 Å². The Morgan fingerprint density at radius 1 is 0.383 bits per heavy atom. The Hall–Kier alpha value is -2.60. The Labute approximate surface area is 354 Å². The number of carbonyl (C=O) groups is 4. The minimum Gasteiger partial charge on any atom is -0.459 e. The Morgan fingerprint density at radius 2 is 0.533 bits per heavy atom. The molecule has 4 aliphatic heterocycles. The molecule has 0 unspecified atom stereocenters. The fourth-order valence-electron chi connectivity index (χ4n) is 5.79. The average Bonchev–Trinajstić information content (AvgIpc) is 3.90. The second kappa shape index (κ2) is 23.7. The van der Waals surface area contributed by atoms with Crippen LogP contribution in [0.15, 0.2) is 0 Å². The Bertz CT molecular complexity index is 1140. The number of ether oxygens (including phenoxy) is 8. The van der Waals surface area contributed by atoms with Crippen molar-refractivity contribution in [2.75, 3.05) is 52.9 Å². The van der Waals surface area contributed by atoms with Crippen LogP contribution in [0.4, 0.5) is 0 Å². The highest BCUT2D eigenvalue weighted by molar-refractivity contribution is 5.77. The predicted octanol–water partition coefficient (Wildman–Crippen LogP) is -1.35. The number of aliphatic hydroxyl groups excluding tert-OH is 4. The second-order valence-electron chi connectivity index (χ2n) is 19.3. The number of aliphatic hydroxyl groups is 4. The first-order chi connectivity index (χ1) is 27.2. The quantitative estimate of drug-likeness (QED) is 0.103. The molecule has 4 rings (SSSR count). The van der Waals surface area contributed by atoms with Crippen LogP contribution in [-0.2, 0) is 57.1 Å². The van der Waals surface area contributed by atoms with E-state index in [1.807, 2.05) is 0 Å². The number of carbonyl (C=O) groups excluding carboxylic acids is 4. The third-order valence-electron chi connectivity index (χ3n) is 8.93. The molecule has 4 fully saturated rings. The van der Waals surface area contributed by atoms with Gasteiger partial charge in [0.15, 0.2) is 0 Å². The Kier molecular flexibility index (Phi) is 21.9. The molecule has 20 nitrogen and oxygen atoms in total. The van der Waals surface area contributed by atoms with Gasteiger partial charge < -0.3 is 81.3 Å². The molecule has 0 radical (unpaired) electrons. The summed E-state index contributed by atoms with van der Waals surface area (Å²) in [5.74, 6) is -3.40. The van der Waals surface area contributed by atoms with Gasteiger partial charge in [0.05, 0.1) is 77.3 Å². The maximum absolute atomic E-state index is 11.6. The van der Waals surface area contributed by atoms with Gasteiger partial charge in [-0.3, -0.25) is 19.2 Å². The zero-order chi connectivity index (χ0) is 46.6. The summed E-state index contributed by atoms with van der Waals surface area (Å²) in [4.78, 5) is 46.3. The fourth-order valence-corrected chi connectivity index (χ4v) is 5.79. The molecule has 4 aliphatic rings. The van der Waals surface area contributed by atoms with Gasteiger partial charge in [-0.05, 0) is 83.1 Å². The van der Waals surface area contributed by atoms with Crippen molar-refractivity contribution in [2.45, 2.75) is 154 Å². The molecule has 0 bridgehead atoms. The third kappa shape index (κ3) is 20.5. The summed E-state index contributed by atoms with van der Waals surface area (Å²) in [5.41, 5.74) is 20.6. The fraction of sp³-hybridized carbons (Fsp3) is 0.900. The van der Waals surface area contributed by atoms with E-state index >= 15 is 0 Å². The molecular weight excluding hydrogens is 792 g/mol. The minimum absolute atomic E-state index is 0.237. The smallest absolute Gasteiger partial charge is 0.323 e. The molecule has 60 heavy (non-hydrogen) atoms.